The van der Waals surface area contributed by atoms with Gasteiger partial charge in [-0.1, -0.05) is 18.5 Å². The molecule has 1 aliphatic rings. The Morgan fingerprint density at radius 2 is 1.92 bits per heavy atom. The first-order chi connectivity index (χ1) is 11.6. The summed E-state index contributed by atoms with van der Waals surface area (Å²) >= 11 is 5.86. The van der Waals surface area contributed by atoms with Crippen LogP contribution in [0.3, 0.4) is 0 Å². The van der Waals surface area contributed by atoms with Crippen LogP contribution in [-0.4, -0.2) is 68.1 Å². The molecule has 1 aromatic rings. The molecule has 0 aromatic heterocycles. The zero-order chi connectivity index (χ0) is 17.4. The van der Waals surface area contributed by atoms with Crippen LogP contribution in [0.15, 0.2) is 24.3 Å². The first-order valence-corrected chi connectivity index (χ1v) is 9.07. The fourth-order valence-corrected chi connectivity index (χ4v) is 2.83. The number of carbonyl (C=O) groups is 1. The molecule has 2 rings (SSSR count). The SMILES string of the molecule is CCC(Oc1ccc(Cl)cc1)C(=O)NCCCN1CCN(C)CC1. The standard InChI is InChI=1S/C18H28ClN3O2/c1-3-17(24-16-7-5-15(19)6-8-16)18(23)20-9-4-10-22-13-11-21(2)12-14-22/h5-8,17H,3-4,9-14H2,1-2H3,(H,20,23). The molecule has 1 amide bonds. The number of nitrogens with one attached hydrogen (secondary N) is 1. The molecule has 1 aliphatic heterocycles. The number of likely N-dealkylation sites (N-methyl/N-ethyl adjacent to an activating group) is 1. The minimum Gasteiger partial charge on any atom is -0.481 e. The Balaban J connectivity index is 1.67. The van der Waals surface area contributed by atoms with Gasteiger partial charge in [-0.3, -0.25) is 4.79 Å². The Hall–Kier alpha value is -1.30. The molecule has 0 spiro atoms. The number of carbonyl (C=O) groups excluding carboxylic acids is 1. The summed E-state index contributed by atoms with van der Waals surface area (Å²) in [5.74, 6) is 0.615. The molecular formula is C18H28ClN3O2. The second-order valence-electron chi connectivity index (χ2n) is 6.26. The second-order valence-corrected chi connectivity index (χ2v) is 6.69. The molecule has 1 fully saturated rings. The summed E-state index contributed by atoms with van der Waals surface area (Å²) in [6.07, 6.45) is 1.13. The lowest BCUT2D eigenvalue weighted by atomic mass is 10.2. The zero-order valence-electron chi connectivity index (χ0n) is 14.6. The molecule has 0 radical (unpaired) electrons. The van der Waals surface area contributed by atoms with Gasteiger partial charge in [-0.25, -0.2) is 0 Å². The van der Waals surface area contributed by atoms with E-state index in [1.165, 1.54) is 0 Å². The highest BCUT2D eigenvalue weighted by Crippen LogP contribution is 2.17. The zero-order valence-corrected chi connectivity index (χ0v) is 15.4. The highest BCUT2D eigenvalue weighted by atomic mass is 35.5. The van der Waals surface area contributed by atoms with E-state index in [-0.39, 0.29) is 5.91 Å². The maximum atomic E-state index is 12.3. The molecule has 24 heavy (non-hydrogen) atoms. The largest absolute Gasteiger partial charge is 0.481 e. The van der Waals surface area contributed by atoms with Crippen LogP contribution >= 0.6 is 11.6 Å². The minimum absolute atomic E-state index is 0.0502. The van der Waals surface area contributed by atoms with Crippen LogP contribution in [0.25, 0.3) is 0 Å². The summed E-state index contributed by atoms with van der Waals surface area (Å²) < 4.78 is 5.75. The van der Waals surface area contributed by atoms with Crippen molar-refractivity contribution in [1.29, 1.82) is 0 Å². The Kier molecular flexibility index (Phi) is 7.82. The van der Waals surface area contributed by atoms with E-state index >= 15 is 0 Å². The van der Waals surface area contributed by atoms with Crippen molar-refractivity contribution in [2.75, 3.05) is 46.3 Å². The van der Waals surface area contributed by atoms with Crippen molar-refractivity contribution in [1.82, 2.24) is 15.1 Å². The fraction of sp³-hybridized carbons (Fsp3) is 0.611. The van der Waals surface area contributed by atoms with E-state index < -0.39 is 6.10 Å². The lowest BCUT2D eigenvalue weighted by molar-refractivity contribution is -0.128. The monoisotopic (exact) mass is 353 g/mol. The molecule has 6 heteroatoms. The molecule has 5 nitrogen and oxygen atoms in total. The van der Waals surface area contributed by atoms with Crippen molar-refractivity contribution in [3.05, 3.63) is 29.3 Å². The van der Waals surface area contributed by atoms with Gasteiger partial charge < -0.3 is 19.9 Å². The van der Waals surface area contributed by atoms with Crippen molar-refractivity contribution >= 4 is 17.5 Å². The molecule has 0 aliphatic carbocycles. The van der Waals surface area contributed by atoms with Gasteiger partial charge in [-0.2, -0.15) is 0 Å². The molecule has 1 heterocycles. The number of nitrogens with zero attached hydrogens (tertiary/aromatic N) is 2. The smallest absolute Gasteiger partial charge is 0.261 e. The van der Waals surface area contributed by atoms with Crippen LogP contribution in [0.5, 0.6) is 5.75 Å². The molecule has 1 atom stereocenters. The van der Waals surface area contributed by atoms with Crippen LogP contribution < -0.4 is 10.1 Å². The van der Waals surface area contributed by atoms with Gasteiger partial charge in [-0.15, -0.1) is 0 Å². The highest BCUT2D eigenvalue weighted by Gasteiger charge is 2.18. The molecule has 0 saturated carbocycles. The van der Waals surface area contributed by atoms with Crippen LogP contribution in [0.1, 0.15) is 19.8 Å². The molecule has 1 aromatic carbocycles. The third-order valence-electron chi connectivity index (χ3n) is 4.30. The highest BCUT2D eigenvalue weighted by molar-refractivity contribution is 6.30. The summed E-state index contributed by atoms with van der Waals surface area (Å²) in [6.45, 7) is 8.14. The molecule has 0 bridgehead atoms. The number of hydrogen-bond donors (Lipinski definition) is 1. The van der Waals surface area contributed by atoms with E-state index in [9.17, 15) is 4.79 Å². The van der Waals surface area contributed by atoms with Gasteiger partial charge in [0.25, 0.3) is 5.91 Å². The van der Waals surface area contributed by atoms with Crippen molar-refractivity contribution in [2.24, 2.45) is 0 Å². The van der Waals surface area contributed by atoms with Crippen molar-refractivity contribution in [2.45, 2.75) is 25.9 Å². The Morgan fingerprint density at radius 3 is 2.54 bits per heavy atom. The lowest BCUT2D eigenvalue weighted by Crippen LogP contribution is -2.45. The van der Waals surface area contributed by atoms with E-state index in [2.05, 4.69) is 22.2 Å². The molecule has 1 saturated heterocycles. The van der Waals surface area contributed by atoms with E-state index in [0.29, 0.717) is 23.7 Å². The predicted molar refractivity (Wildman–Crippen MR) is 97.7 cm³/mol. The second kappa shape index (κ2) is 9.87. The van der Waals surface area contributed by atoms with Crippen LogP contribution in [-0.2, 0) is 4.79 Å². The molecular weight excluding hydrogens is 326 g/mol. The van der Waals surface area contributed by atoms with Gasteiger partial charge in [0.2, 0.25) is 0 Å². The maximum absolute atomic E-state index is 12.3. The van der Waals surface area contributed by atoms with Gasteiger partial charge in [-0.05, 0) is 50.7 Å². The molecule has 134 valence electrons. The third kappa shape index (κ3) is 6.30. The van der Waals surface area contributed by atoms with Crippen LogP contribution in [0.2, 0.25) is 5.02 Å². The van der Waals surface area contributed by atoms with E-state index in [1.54, 1.807) is 24.3 Å². The number of piperazine rings is 1. The topological polar surface area (TPSA) is 44.8 Å². The summed E-state index contributed by atoms with van der Waals surface area (Å²) in [5.41, 5.74) is 0. The first-order valence-electron chi connectivity index (χ1n) is 8.69. The summed E-state index contributed by atoms with van der Waals surface area (Å²) in [4.78, 5) is 17.1. The fourth-order valence-electron chi connectivity index (χ4n) is 2.70. The van der Waals surface area contributed by atoms with E-state index in [0.717, 1.165) is 39.1 Å². The quantitative estimate of drug-likeness (QED) is 0.728. The Labute approximate surface area is 149 Å². The number of benzene rings is 1. The normalized spacial score (nSPS) is 17.5. The summed E-state index contributed by atoms with van der Waals surface area (Å²) in [6, 6.07) is 7.09. The Morgan fingerprint density at radius 1 is 1.25 bits per heavy atom. The van der Waals surface area contributed by atoms with Gasteiger partial charge in [0.05, 0.1) is 0 Å². The lowest BCUT2D eigenvalue weighted by Gasteiger charge is -2.32. The number of rotatable bonds is 8. The third-order valence-corrected chi connectivity index (χ3v) is 4.55. The van der Waals surface area contributed by atoms with Gasteiger partial charge >= 0.3 is 0 Å². The van der Waals surface area contributed by atoms with Crippen molar-refractivity contribution in [3.8, 4) is 5.75 Å². The Bertz CT molecular complexity index is 501. The van der Waals surface area contributed by atoms with E-state index in [4.69, 9.17) is 16.3 Å². The summed E-state index contributed by atoms with van der Waals surface area (Å²) in [5, 5.41) is 3.64. The van der Waals surface area contributed by atoms with Gasteiger partial charge in [0, 0.05) is 37.7 Å². The number of ether oxygens (including phenoxy) is 1. The number of hydrogen-bond acceptors (Lipinski definition) is 4. The van der Waals surface area contributed by atoms with Gasteiger partial charge in [0.15, 0.2) is 6.10 Å². The predicted octanol–water partition coefficient (Wildman–Crippen LogP) is 2.25. The van der Waals surface area contributed by atoms with Gasteiger partial charge in [0.1, 0.15) is 5.75 Å². The number of halogens is 1. The van der Waals surface area contributed by atoms with Crippen molar-refractivity contribution in [3.63, 3.8) is 0 Å². The minimum atomic E-state index is -0.463. The van der Waals surface area contributed by atoms with E-state index in [1.807, 2.05) is 6.92 Å². The molecule has 1 unspecified atom stereocenters. The van der Waals surface area contributed by atoms with Crippen LogP contribution in [0, 0.1) is 0 Å². The van der Waals surface area contributed by atoms with Crippen molar-refractivity contribution < 1.29 is 9.53 Å². The average molecular weight is 354 g/mol. The average Bonchev–Trinajstić information content (AvgIpc) is 2.59. The maximum Gasteiger partial charge on any atom is 0.261 e. The first kappa shape index (κ1) is 19.0. The van der Waals surface area contributed by atoms with Crippen LogP contribution in [0.4, 0.5) is 0 Å². The number of amides is 1. The summed E-state index contributed by atoms with van der Waals surface area (Å²) in [7, 11) is 2.16. The molecule has 1 N–H and O–H groups in total.